The number of para-hydroxylation sites is 2. The molecular formula is C26H28N4O3. The number of anilines is 1. The van der Waals surface area contributed by atoms with Crippen molar-refractivity contribution in [1.82, 2.24) is 14.4 Å². The Morgan fingerprint density at radius 3 is 2.30 bits per heavy atom. The van der Waals surface area contributed by atoms with Crippen LogP contribution in [0.5, 0.6) is 5.75 Å². The van der Waals surface area contributed by atoms with Gasteiger partial charge in [0, 0.05) is 26.3 Å². The van der Waals surface area contributed by atoms with Gasteiger partial charge in [0.05, 0.1) is 24.2 Å². The predicted molar refractivity (Wildman–Crippen MR) is 127 cm³/mol. The summed E-state index contributed by atoms with van der Waals surface area (Å²) in [5.41, 5.74) is 3.77. The van der Waals surface area contributed by atoms with E-state index in [0.29, 0.717) is 0 Å². The number of methoxy groups -OCH3 is 1. The van der Waals surface area contributed by atoms with Gasteiger partial charge in [-0.3, -0.25) is 9.69 Å². The van der Waals surface area contributed by atoms with Crippen molar-refractivity contribution in [2.45, 2.75) is 24.9 Å². The number of carbonyl (C=O) groups is 2. The Hall–Kier alpha value is -3.74. The van der Waals surface area contributed by atoms with Gasteiger partial charge in [0.25, 0.3) is 0 Å². The van der Waals surface area contributed by atoms with E-state index in [1.807, 2.05) is 65.7 Å². The molecule has 33 heavy (non-hydrogen) atoms. The molecule has 5 rings (SSSR count). The van der Waals surface area contributed by atoms with Crippen LogP contribution in [0.25, 0.3) is 5.69 Å². The molecule has 0 radical (unpaired) electrons. The molecule has 1 atom stereocenters. The van der Waals surface area contributed by atoms with Crippen LogP contribution in [0.15, 0.2) is 66.9 Å². The van der Waals surface area contributed by atoms with Gasteiger partial charge in [0.2, 0.25) is 5.91 Å². The number of aromatic nitrogens is 1. The second-order valence-corrected chi connectivity index (χ2v) is 8.77. The third-order valence-electron chi connectivity index (χ3n) is 6.34. The maximum absolute atomic E-state index is 13.9. The zero-order valence-corrected chi connectivity index (χ0v) is 19.1. The molecule has 3 amide bonds. The zero-order chi connectivity index (χ0) is 23.1. The van der Waals surface area contributed by atoms with Gasteiger partial charge in [-0.05, 0) is 54.8 Å². The van der Waals surface area contributed by atoms with Crippen molar-refractivity contribution in [2.24, 2.45) is 0 Å². The van der Waals surface area contributed by atoms with Crippen molar-refractivity contribution in [2.75, 3.05) is 32.6 Å². The lowest BCUT2D eigenvalue weighted by Crippen LogP contribution is -2.49. The maximum atomic E-state index is 13.9. The number of rotatable bonds is 5. The number of carbonyl (C=O) groups excluding carboxylic acids is 2. The number of urea groups is 1. The summed E-state index contributed by atoms with van der Waals surface area (Å²) in [7, 11) is 5.10. The fraction of sp³-hybridized carbons (Fsp3) is 0.308. The molecule has 7 nitrogen and oxygen atoms in total. The summed E-state index contributed by atoms with van der Waals surface area (Å²) >= 11 is 0. The molecule has 2 aliphatic rings. The molecule has 1 saturated carbocycles. The Morgan fingerprint density at radius 1 is 0.970 bits per heavy atom. The first-order valence-electron chi connectivity index (χ1n) is 11.2. The lowest BCUT2D eigenvalue weighted by atomic mass is 9.97. The van der Waals surface area contributed by atoms with Crippen molar-refractivity contribution in [3.63, 3.8) is 0 Å². The van der Waals surface area contributed by atoms with E-state index in [1.54, 1.807) is 31.0 Å². The summed E-state index contributed by atoms with van der Waals surface area (Å²) in [6.45, 7) is 0.0450. The van der Waals surface area contributed by atoms with Crippen molar-refractivity contribution in [1.29, 1.82) is 0 Å². The molecule has 1 aromatic heterocycles. The van der Waals surface area contributed by atoms with Crippen LogP contribution in [0, 0.1) is 0 Å². The number of hydrogen-bond donors (Lipinski definition) is 0. The first-order valence-corrected chi connectivity index (χ1v) is 11.2. The molecule has 7 heteroatoms. The van der Waals surface area contributed by atoms with E-state index in [4.69, 9.17) is 4.74 Å². The third kappa shape index (κ3) is 3.73. The molecule has 0 bridgehead atoms. The molecule has 0 N–H and O–H groups in total. The van der Waals surface area contributed by atoms with Crippen LogP contribution in [-0.2, 0) is 4.79 Å². The molecule has 0 spiro atoms. The topological polar surface area (TPSA) is 58.0 Å². The first-order chi connectivity index (χ1) is 16.0. The van der Waals surface area contributed by atoms with Crippen molar-refractivity contribution in [3.05, 3.63) is 78.1 Å². The monoisotopic (exact) mass is 444 g/mol. The highest BCUT2D eigenvalue weighted by molar-refractivity contribution is 6.00. The van der Waals surface area contributed by atoms with Gasteiger partial charge < -0.3 is 19.1 Å². The number of nitrogens with zero attached hydrogens (tertiary/aromatic N) is 4. The fourth-order valence-electron chi connectivity index (χ4n) is 4.58. The number of benzene rings is 2. The van der Waals surface area contributed by atoms with E-state index in [9.17, 15) is 9.59 Å². The Morgan fingerprint density at radius 2 is 1.67 bits per heavy atom. The Labute approximate surface area is 193 Å². The lowest BCUT2D eigenvalue weighted by Gasteiger charge is -2.39. The fourth-order valence-corrected chi connectivity index (χ4v) is 4.58. The maximum Gasteiger partial charge on any atom is 0.320 e. The van der Waals surface area contributed by atoms with E-state index in [-0.39, 0.29) is 30.6 Å². The van der Waals surface area contributed by atoms with Gasteiger partial charge in [0.1, 0.15) is 18.3 Å². The zero-order valence-electron chi connectivity index (χ0n) is 19.1. The molecule has 1 fully saturated rings. The van der Waals surface area contributed by atoms with E-state index in [0.717, 1.165) is 41.2 Å². The third-order valence-corrected chi connectivity index (χ3v) is 6.34. The molecule has 170 valence electrons. The average Bonchev–Trinajstić information content (AvgIpc) is 3.56. The summed E-state index contributed by atoms with van der Waals surface area (Å²) in [4.78, 5) is 31.9. The van der Waals surface area contributed by atoms with E-state index in [1.165, 1.54) is 0 Å². The van der Waals surface area contributed by atoms with Crippen molar-refractivity contribution >= 4 is 17.6 Å². The van der Waals surface area contributed by atoms with Crippen molar-refractivity contribution < 1.29 is 14.3 Å². The minimum atomic E-state index is -0.316. The van der Waals surface area contributed by atoms with Gasteiger partial charge in [-0.15, -0.1) is 0 Å². The highest BCUT2D eigenvalue weighted by Crippen LogP contribution is 2.42. The van der Waals surface area contributed by atoms with E-state index < -0.39 is 0 Å². The summed E-state index contributed by atoms with van der Waals surface area (Å²) in [5.74, 6) is 0.664. The van der Waals surface area contributed by atoms with Gasteiger partial charge in [0.15, 0.2) is 0 Å². The predicted octanol–water partition coefficient (Wildman–Crippen LogP) is 4.07. The van der Waals surface area contributed by atoms with Crippen molar-refractivity contribution in [3.8, 4) is 11.4 Å². The number of fused-ring (bicyclic) bond motifs is 3. The van der Waals surface area contributed by atoms with Crippen LogP contribution in [0.2, 0.25) is 0 Å². The average molecular weight is 445 g/mol. The summed E-state index contributed by atoms with van der Waals surface area (Å²) in [5, 5.41) is 0. The summed E-state index contributed by atoms with van der Waals surface area (Å²) < 4.78 is 7.48. The van der Waals surface area contributed by atoms with E-state index in [2.05, 4.69) is 10.6 Å². The molecule has 1 aliphatic carbocycles. The number of amides is 3. The van der Waals surface area contributed by atoms with Gasteiger partial charge in [-0.2, -0.15) is 0 Å². The van der Waals surface area contributed by atoms with Crippen LogP contribution in [-0.4, -0.2) is 60.1 Å². The standard InChI is InChI=1S/C26H28N4O3/c1-27(2)26(32)29(19-12-13-19)17-24(31)30-22-8-5-4-7-21(22)28-16-6-9-23(28)25(30)18-10-14-20(33-3)15-11-18/h4-11,14-16,19,25H,12-13,17H2,1-3H3. The second kappa shape index (κ2) is 8.31. The number of hydrogen-bond acceptors (Lipinski definition) is 3. The molecule has 1 aliphatic heterocycles. The van der Waals surface area contributed by atoms with Gasteiger partial charge in [-0.1, -0.05) is 24.3 Å². The van der Waals surface area contributed by atoms with Gasteiger partial charge in [-0.25, -0.2) is 4.79 Å². The highest BCUT2D eigenvalue weighted by Gasteiger charge is 2.40. The first kappa shape index (κ1) is 21.1. The van der Waals surface area contributed by atoms with Crippen LogP contribution >= 0.6 is 0 Å². The highest BCUT2D eigenvalue weighted by atomic mass is 16.5. The Bertz CT molecular complexity index is 1180. The molecule has 1 unspecified atom stereocenters. The van der Waals surface area contributed by atoms with Crippen LogP contribution in [0.1, 0.15) is 30.1 Å². The second-order valence-electron chi connectivity index (χ2n) is 8.77. The Balaban J connectivity index is 1.59. The molecule has 0 saturated heterocycles. The summed E-state index contributed by atoms with van der Waals surface area (Å²) in [6, 6.07) is 19.5. The minimum Gasteiger partial charge on any atom is -0.497 e. The van der Waals surface area contributed by atoms with E-state index >= 15 is 0 Å². The molecule has 3 aromatic rings. The molecule has 2 aromatic carbocycles. The van der Waals surface area contributed by atoms with Crippen LogP contribution in [0.4, 0.5) is 10.5 Å². The van der Waals surface area contributed by atoms with Gasteiger partial charge >= 0.3 is 6.03 Å². The normalized spacial score (nSPS) is 16.6. The summed E-state index contributed by atoms with van der Waals surface area (Å²) in [6.07, 6.45) is 3.90. The molecular weight excluding hydrogens is 416 g/mol. The largest absolute Gasteiger partial charge is 0.497 e. The number of ether oxygens (including phenoxy) is 1. The minimum absolute atomic E-state index is 0.0450. The van der Waals surface area contributed by atoms with Crippen LogP contribution < -0.4 is 9.64 Å². The lowest BCUT2D eigenvalue weighted by molar-refractivity contribution is -0.119. The molecule has 2 heterocycles. The van der Waals surface area contributed by atoms with Crippen LogP contribution in [0.3, 0.4) is 0 Å². The smallest absolute Gasteiger partial charge is 0.320 e. The SMILES string of the molecule is COc1ccc(C2c3cccn3-c3ccccc3N2C(=O)CN(C(=O)N(C)C)C2CC2)cc1. The Kier molecular flexibility index (Phi) is 5.32. The quantitative estimate of drug-likeness (QED) is 0.596.